The van der Waals surface area contributed by atoms with Crippen molar-refractivity contribution < 1.29 is 41.8 Å². The number of methoxy groups -OCH3 is 1. The van der Waals surface area contributed by atoms with E-state index < -0.39 is 50.5 Å². The zero-order valence-electron chi connectivity index (χ0n) is 33.7. The maximum atomic E-state index is 15.1. The van der Waals surface area contributed by atoms with Crippen molar-refractivity contribution in [3.05, 3.63) is 40.7 Å². The smallest absolute Gasteiger partial charge is 0.306 e. The quantitative estimate of drug-likeness (QED) is 0.232. The van der Waals surface area contributed by atoms with Gasteiger partial charge < -0.3 is 14.2 Å². The van der Waals surface area contributed by atoms with Gasteiger partial charge in [0.05, 0.1) is 29.6 Å². The van der Waals surface area contributed by atoms with Gasteiger partial charge in [-0.15, -0.1) is 0 Å². The highest BCUT2D eigenvalue weighted by atomic mass is 32.2. The van der Waals surface area contributed by atoms with E-state index in [9.17, 15) is 27.6 Å². The lowest BCUT2D eigenvalue weighted by Gasteiger charge is -2.28. The Morgan fingerprint density at radius 1 is 0.948 bits per heavy atom. The fourth-order valence-corrected chi connectivity index (χ4v) is 12.2. The molecule has 0 saturated heterocycles. The third-order valence-corrected chi connectivity index (χ3v) is 16.1. The number of aromatic nitrogens is 2. The van der Waals surface area contributed by atoms with Gasteiger partial charge in [0.15, 0.2) is 0 Å². The molecule has 14 heteroatoms. The molecule has 8 rings (SSSR count). The molecule has 1 N–H and O–H groups in total. The zero-order valence-corrected chi connectivity index (χ0v) is 34.5. The maximum absolute atomic E-state index is 15.1. The molecule has 5 aliphatic carbocycles. The number of rotatable bonds is 9. The summed E-state index contributed by atoms with van der Waals surface area (Å²) in [7, 11) is -2.33. The molecular formula is C44H57N3O10S. The average molecular weight is 820 g/mol. The third kappa shape index (κ3) is 8.10. The minimum absolute atomic E-state index is 0.0247. The molecule has 314 valence electrons. The summed E-state index contributed by atoms with van der Waals surface area (Å²) in [6.07, 6.45) is 12.8. The van der Waals surface area contributed by atoms with Crippen LogP contribution in [-0.4, -0.2) is 66.0 Å². The van der Waals surface area contributed by atoms with Crippen LogP contribution in [0.4, 0.5) is 0 Å². The van der Waals surface area contributed by atoms with Crippen LogP contribution in [0.25, 0.3) is 10.9 Å². The first-order valence-corrected chi connectivity index (χ1v) is 23.2. The molecule has 5 fully saturated rings. The number of allylic oxidation sites excluding steroid dienone is 2. The lowest BCUT2D eigenvalue weighted by atomic mass is 9.75. The second-order valence-corrected chi connectivity index (χ2v) is 19.9. The second kappa shape index (κ2) is 16.5. The molecule has 58 heavy (non-hydrogen) atoms. The minimum Gasteiger partial charge on any atom is -0.494 e. The molecule has 2 aromatic rings. The number of benzene rings is 1. The number of hydrogen-bond donors (Lipinski definition) is 1. The highest BCUT2D eigenvalue weighted by Crippen LogP contribution is 2.58. The van der Waals surface area contributed by atoms with Gasteiger partial charge in [-0.25, -0.2) is 8.42 Å². The van der Waals surface area contributed by atoms with Crippen LogP contribution < -0.4 is 19.8 Å². The van der Waals surface area contributed by atoms with Crippen molar-refractivity contribution in [3.63, 3.8) is 0 Å². The van der Waals surface area contributed by atoms with Crippen molar-refractivity contribution in [1.82, 2.24) is 14.3 Å². The Bertz CT molecular complexity index is 2140. The van der Waals surface area contributed by atoms with Gasteiger partial charge in [-0.1, -0.05) is 44.4 Å². The van der Waals surface area contributed by atoms with Crippen LogP contribution in [0, 0.1) is 40.9 Å². The molecule has 13 nitrogen and oxygen atoms in total. The first kappa shape index (κ1) is 40.7. The Morgan fingerprint density at radius 2 is 1.72 bits per heavy atom. The summed E-state index contributed by atoms with van der Waals surface area (Å²) in [5.41, 5.74) is -1.15. The predicted octanol–water partition coefficient (Wildman–Crippen LogP) is 5.99. The topological polar surface area (TPSA) is 177 Å². The van der Waals surface area contributed by atoms with E-state index in [-0.39, 0.29) is 85.2 Å². The zero-order chi connectivity index (χ0) is 40.8. The first-order chi connectivity index (χ1) is 27.9. The van der Waals surface area contributed by atoms with Crippen LogP contribution in [0.2, 0.25) is 0 Å². The number of ketones is 2. The van der Waals surface area contributed by atoms with Gasteiger partial charge in [-0.2, -0.15) is 4.98 Å². The number of sulfonamides is 1. The van der Waals surface area contributed by atoms with E-state index in [1.807, 2.05) is 19.1 Å². The molecular weight excluding hydrogens is 763 g/mol. The van der Waals surface area contributed by atoms with E-state index in [1.165, 1.54) is 11.7 Å². The van der Waals surface area contributed by atoms with Gasteiger partial charge in [-0.05, 0) is 107 Å². The van der Waals surface area contributed by atoms with Crippen LogP contribution in [0.15, 0.2) is 35.1 Å². The van der Waals surface area contributed by atoms with Gasteiger partial charge in [0, 0.05) is 30.7 Å². The molecule has 1 aromatic carbocycles. The minimum atomic E-state index is -3.84. The number of amides is 1. The predicted molar refractivity (Wildman–Crippen MR) is 214 cm³/mol. The standard InChI is InChI=1S/C44H57N3O10S/c1-3-28-24-44(28,42(52)46-58(53,54)30-18-19-30)25-35(48)33-21-29-22-34(33)40(50)32(26-11-6-7-12-26)23-38(49)57-36-16-9-14-27(36)13-5-4-8-20-47-41(51)31-15-10-17-37(55-2)39(31)45-43(47)56-29/h4,8,10,15,17,26-30,32-34,36H,3,5-7,9,11-14,16,18-25H2,1-2H3,(H,46,52)/b8-4+/t27-,28-,29-,32+,33-,34?,36-,44-/m1/s1. The van der Waals surface area contributed by atoms with Gasteiger partial charge in [0.25, 0.3) is 11.6 Å². The number of nitrogens with one attached hydrogen (secondary N) is 1. The van der Waals surface area contributed by atoms with Crippen molar-refractivity contribution in [2.45, 2.75) is 140 Å². The largest absolute Gasteiger partial charge is 0.494 e. The van der Waals surface area contributed by atoms with Crippen molar-refractivity contribution in [3.8, 4) is 11.8 Å². The van der Waals surface area contributed by atoms with Crippen molar-refractivity contribution in [2.75, 3.05) is 7.11 Å². The summed E-state index contributed by atoms with van der Waals surface area (Å²) < 4.78 is 47.9. The summed E-state index contributed by atoms with van der Waals surface area (Å²) in [5.74, 6) is -3.38. The van der Waals surface area contributed by atoms with E-state index in [4.69, 9.17) is 19.2 Å². The Morgan fingerprint density at radius 3 is 2.45 bits per heavy atom. The summed E-state index contributed by atoms with van der Waals surface area (Å²) >= 11 is 0. The van der Waals surface area contributed by atoms with Crippen molar-refractivity contribution in [2.24, 2.45) is 40.9 Å². The molecule has 5 saturated carbocycles. The van der Waals surface area contributed by atoms with Crippen molar-refractivity contribution in [1.29, 1.82) is 0 Å². The van der Waals surface area contributed by atoms with Crippen LogP contribution in [-0.2, 0) is 40.5 Å². The second-order valence-electron chi connectivity index (χ2n) is 17.9. The fraction of sp³-hybridized carbons (Fsp3) is 0.682. The third-order valence-electron chi connectivity index (χ3n) is 14.3. The van der Waals surface area contributed by atoms with Crippen molar-refractivity contribution >= 4 is 44.4 Å². The molecule has 0 spiro atoms. The molecule has 1 unspecified atom stereocenters. The molecule has 0 radical (unpaired) electrons. The first-order valence-electron chi connectivity index (χ1n) is 21.6. The number of nitrogens with zero attached hydrogens (tertiary/aromatic N) is 2. The average Bonchev–Trinajstić information content (AvgIpc) is 3.99. The maximum Gasteiger partial charge on any atom is 0.306 e. The Labute approximate surface area is 340 Å². The van der Waals surface area contributed by atoms with Gasteiger partial charge in [-0.3, -0.25) is 33.3 Å². The van der Waals surface area contributed by atoms with Gasteiger partial charge in [0.1, 0.15) is 35.0 Å². The van der Waals surface area contributed by atoms with E-state index in [2.05, 4.69) is 4.72 Å². The van der Waals surface area contributed by atoms with E-state index in [0.717, 1.165) is 57.8 Å². The highest BCUT2D eigenvalue weighted by molar-refractivity contribution is 7.90. The number of esters is 1. The summed E-state index contributed by atoms with van der Waals surface area (Å²) in [6, 6.07) is 5.21. The number of carbonyl (C=O) groups is 4. The number of para-hydroxylation sites is 1. The van der Waals surface area contributed by atoms with E-state index in [0.29, 0.717) is 42.3 Å². The summed E-state index contributed by atoms with van der Waals surface area (Å²) in [5, 5.41) is -0.224. The van der Waals surface area contributed by atoms with Crippen LogP contribution in [0.5, 0.6) is 11.8 Å². The number of ether oxygens (including phenoxy) is 3. The number of fused-ring (bicyclic) bond motifs is 5. The number of Topliss-reactive ketones (excluding diaryl/α,β-unsaturated/α-hetero) is 2. The van der Waals surface area contributed by atoms with Gasteiger partial charge in [0.2, 0.25) is 15.9 Å². The summed E-state index contributed by atoms with van der Waals surface area (Å²) in [4.78, 5) is 76.3. The molecule has 1 aromatic heterocycles. The Kier molecular flexibility index (Phi) is 11.6. The summed E-state index contributed by atoms with van der Waals surface area (Å²) in [6.45, 7) is 2.10. The number of hydrogen-bond acceptors (Lipinski definition) is 11. The Balaban J connectivity index is 1.16. The van der Waals surface area contributed by atoms with Crippen LogP contribution >= 0.6 is 0 Å². The lowest BCUT2D eigenvalue weighted by molar-refractivity contribution is -0.155. The molecule has 2 heterocycles. The SMILES string of the molecule is CC[C@@H]1C[C@]1(CC(=O)[C@@H]1C[C@@H]2CC1C(=O)[C@H](C1CCCC1)CC(=O)O[C@@H]1CCC[C@H]1CC/C=C/Cn1c(nc3c(OC)cccc3c1=O)O2)C(=O)NS(=O)(=O)C1CC1. The van der Waals surface area contributed by atoms with Gasteiger partial charge >= 0.3 is 5.97 Å². The van der Waals surface area contributed by atoms with Crippen LogP contribution in [0.1, 0.15) is 116 Å². The molecule has 6 aliphatic rings. The molecule has 1 amide bonds. The number of carbonyl (C=O) groups excluding carboxylic acids is 4. The monoisotopic (exact) mass is 819 g/mol. The van der Waals surface area contributed by atoms with E-state index in [1.54, 1.807) is 18.2 Å². The Hall–Kier alpha value is -4.07. The highest BCUT2D eigenvalue weighted by Gasteiger charge is 2.62. The lowest BCUT2D eigenvalue weighted by Crippen LogP contribution is -2.41. The molecule has 2 bridgehead atoms. The fourth-order valence-electron chi connectivity index (χ4n) is 10.8. The van der Waals surface area contributed by atoms with Crippen LogP contribution in [0.3, 0.4) is 0 Å². The normalized spacial score (nSPS) is 32.6. The molecule has 8 atom stereocenters. The van der Waals surface area contributed by atoms with E-state index >= 15 is 4.79 Å². The molecule has 1 aliphatic heterocycles.